The lowest BCUT2D eigenvalue weighted by molar-refractivity contribution is 0.0568. The lowest BCUT2D eigenvalue weighted by Gasteiger charge is -2.06. The lowest BCUT2D eigenvalue weighted by Crippen LogP contribution is -2.03. The third-order valence-corrected chi connectivity index (χ3v) is 1.86. The number of rotatable bonds is 5. The van der Waals surface area contributed by atoms with Gasteiger partial charge in [0.25, 0.3) is 0 Å². The molecule has 0 aliphatic carbocycles. The van der Waals surface area contributed by atoms with Gasteiger partial charge in [-0.05, 0) is 18.6 Å². The summed E-state index contributed by atoms with van der Waals surface area (Å²) in [5.41, 5.74) is 0.114. The van der Waals surface area contributed by atoms with Crippen LogP contribution in [-0.2, 0) is 5.11 Å². The molecule has 0 N–H and O–H groups in total. The zero-order valence-electron chi connectivity index (χ0n) is 8.16. The van der Waals surface area contributed by atoms with E-state index in [1.165, 1.54) is 6.07 Å². The quantitative estimate of drug-likeness (QED) is 0.674. The minimum Gasteiger partial charge on any atom is -0.493 e. The van der Waals surface area contributed by atoms with E-state index in [1.807, 2.05) is 6.92 Å². The van der Waals surface area contributed by atoms with Gasteiger partial charge in [-0.15, -0.1) is 0 Å². The molecule has 3 heteroatoms. The molecule has 75 valence electrons. The average Bonchev–Trinajstić information content (AvgIpc) is 2.19. The van der Waals surface area contributed by atoms with Crippen LogP contribution >= 0.6 is 0 Å². The second-order valence-corrected chi connectivity index (χ2v) is 2.99. The summed E-state index contributed by atoms with van der Waals surface area (Å²) in [4.78, 5) is 10.7. The predicted molar refractivity (Wildman–Crippen MR) is 51.9 cm³/mol. The van der Waals surface area contributed by atoms with Gasteiger partial charge in [0.15, 0.2) is 0 Å². The molecule has 0 saturated heterocycles. The highest BCUT2D eigenvalue weighted by Gasteiger charge is 2.11. The van der Waals surface area contributed by atoms with Crippen LogP contribution in [0.3, 0.4) is 0 Å². The molecule has 14 heavy (non-hydrogen) atoms. The molecule has 0 aliphatic heterocycles. The molecule has 0 fully saturated rings. The van der Waals surface area contributed by atoms with E-state index in [9.17, 15) is 9.90 Å². The van der Waals surface area contributed by atoms with E-state index in [0.717, 1.165) is 12.8 Å². The summed E-state index contributed by atoms with van der Waals surface area (Å²) in [7, 11) is 0. The number of unbranched alkanes of at least 4 members (excludes halogenated alkanes) is 1. The van der Waals surface area contributed by atoms with Crippen LogP contribution in [0.1, 0.15) is 30.1 Å². The summed E-state index contributed by atoms with van der Waals surface area (Å²) in [6.07, 6.45) is 1.94. The summed E-state index contributed by atoms with van der Waals surface area (Å²) in [5, 5.41) is 10.7. The van der Waals surface area contributed by atoms with Crippen molar-refractivity contribution in [2.45, 2.75) is 19.8 Å². The summed E-state index contributed by atoms with van der Waals surface area (Å²) in [5.74, 6) is -0.807. The van der Waals surface area contributed by atoms with Gasteiger partial charge in [-0.1, -0.05) is 25.5 Å². The van der Waals surface area contributed by atoms with Crippen LogP contribution in [-0.4, -0.2) is 12.6 Å². The van der Waals surface area contributed by atoms with Crippen molar-refractivity contribution in [3.8, 4) is 5.75 Å². The molecule has 0 aromatic heterocycles. The SMILES string of the molecule is CCCCOc1ccccc1C([O])=O. The molecule has 0 bridgehead atoms. The fourth-order valence-corrected chi connectivity index (χ4v) is 1.09. The Kier molecular flexibility index (Phi) is 3.98. The fraction of sp³-hybridized carbons (Fsp3) is 0.364. The summed E-state index contributed by atoms with van der Waals surface area (Å²) in [6.45, 7) is 2.59. The molecule has 0 unspecified atom stereocenters. The molecule has 1 aromatic rings. The van der Waals surface area contributed by atoms with Crippen LogP contribution in [0.4, 0.5) is 0 Å². The highest BCUT2D eigenvalue weighted by molar-refractivity contribution is 5.90. The molecule has 3 nitrogen and oxygen atoms in total. The van der Waals surface area contributed by atoms with E-state index in [-0.39, 0.29) is 5.56 Å². The van der Waals surface area contributed by atoms with Crippen molar-refractivity contribution in [2.24, 2.45) is 0 Å². The van der Waals surface area contributed by atoms with Crippen molar-refractivity contribution in [3.63, 3.8) is 0 Å². The highest BCUT2D eigenvalue weighted by atomic mass is 16.5. The first kappa shape index (κ1) is 10.6. The Morgan fingerprint density at radius 3 is 2.71 bits per heavy atom. The van der Waals surface area contributed by atoms with Crippen molar-refractivity contribution in [1.82, 2.24) is 0 Å². The molecular weight excluding hydrogens is 180 g/mol. The Morgan fingerprint density at radius 1 is 1.36 bits per heavy atom. The molecule has 0 heterocycles. The molecule has 0 saturated carbocycles. The fourth-order valence-electron chi connectivity index (χ4n) is 1.09. The minimum absolute atomic E-state index is 0.114. The Bertz CT molecular complexity index is 307. The maximum atomic E-state index is 10.7. The Balaban J connectivity index is 2.69. The van der Waals surface area contributed by atoms with E-state index < -0.39 is 5.97 Å². The third kappa shape index (κ3) is 2.76. The van der Waals surface area contributed by atoms with Gasteiger partial charge >= 0.3 is 5.97 Å². The van der Waals surface area contributed by atoms with Gasteiger partial charge in [-0.25, -0.2) is 9.90 Å². The van der Waals surface area contributed by atoms with Crippen LogP contribution in [0.5, 0.6) is 5.75 Å². The number of hydrogen-bond acceptors (Lipinski definition) is 2. The molecule has 0 aliphatic rings. The smallest absolute Gasteiger partial charge is 0.390 e. The molecule has 0 spiro atoms. The van der Waals surface area contributed by atoms with E-state index in [4.69, 9.17) is 4.74 Å². The van der Waals surface area contributed by atoms with Crippen molar-refractivity contribution in [3.05, 3.63) is 29.8 Å². The Hall–Kier alpha value is -1.51. The Labute approximate surface area is 83.3 Å². The van der Waals surface area contributed by atoms with Crippen LogP contribution < -0.4 is 4.74 Å². The topological polar surface area (TPSA) is 46.2 Å². The van der Waals surface area contributed by atoms with Crippen LogP contribution in [0.15, 0.2) is 24.3 Å². The molecule has 1 radical (unpaired) electrons. The highest BCUT2D eigenvalue weighted by Crippen LogP contribution is 2.18. The molecule has 1 rings (SSSR count). The number of hydrogen-bond donors (Lipinski definition) is 0. The molecular formula is C11H13O3. The van der Waals surface area contributed by atoms with Crippen molar-refractivity contribution in [1.29, 1.82) is 0 Å². The zero-order valence-corrected chi connectivity index (χ0v) is 8.16. The van der Waals surface area contributed by atoms with E-state index in [2.05, 4.69) is 0 Å². The van der Waals surface area contributed by atoms with Gasteiger partial charge in [0, 0.05) is 0 Å². The van der Waals surface area contributed by atoms with Crippen molar-refractivity contribution < 1.29 is 14.6 Å². The first-order valence-corrected chi connectivity index (χ1v) is 4.69. The van der Waals surface area contributed by atoms with E-state index >= 15 is 0 Å². The normalized spacial score (nSPS) is 9.79. The number of para-hydroxylation sites is 1. The van der Waals surface area contributed by atoms with Crippen LogP contribution in [0.25, 0.3) is 0 Å². The van der Waals surface area contributed by atoms with Crippen LogP contribution in [0.2, 0.25) is 0 Å². The standard InChI is InChI=1S/C11H13O3/c1-2-3-8-14-10-7-5-4-6-9(10)11(12)13/h4-7H,2-3,8H2,1H3. The van der Waals surface area contributed by atoms with Gasteiger partial charge in [-0.3, -0.25) is 0 Å². The first-order chi connectivity index (χ1) is 6.75. The zero-order chi connectivity index (χ0) is 10.4. The van der Waals surface area contributed by atoms with Crippen LogP contribution in [0, 0.1) is 0 Å². The second kappa shape index (κ2) is 5.27. The second-order valence-electron chi connectivity index (χ2n) is 2.99. The van der Waals surface area contributed by atoms with Gasteiger partial charge in [0.2, 0.25) is 0 Å². The largest absolute Gasteiger partial charge is 0.493 e. The number of carbonyl (C=O) groups is 1. The summed E-state index contributed by atoms with van der Waals surface area (Å²) in [6, 6.07) is 6.52. The van der Waals surface area contributed by atoms with Gasteiger partial charge in [0.1, 0.15) is 11.3 Å². The number of benzene rings is 1. The van der Waals surface area contributed by atoms with E-state index in [1.54, 1.807) is 18.2 Å². The lowest BCUT2D eigenvalue weighted by atomic mass is 10.2. The summed E-state index contributed by atoms with van der Waals surface area (Å²) < 4.78 is 5.32. The third-order valence-electron chi connectivity index (χ3n) is 1.86. The maximum absolute atomic E-state index is 10.7. The molecule has 0 amide bonds. The monoisotopic (exact) mass is 193 g/mol. The van der Waals surface area contributed by atoms with Gasteiger partial charge < -0.3 is 4.74 Å². The molecule has 1 aromatic carbocycles. The van der Waals surface area contributed by atoms with Crippen molar-refractivity contribution >= 4 is 5.97 Å². The van der Waals surface area contributed by atoms with Gasteiger partial charge in [-0.2, -0.15) is 0 Å². The number of ether oxygens (including phenoxy) is 1. The molecule has 0 atom stereocenters. The first-order valence-electron chi connectivity index (χ1n) is 4.69. The van der Waals surface area contributed by atoms with E-state index in [0.29, 0.717) is 12.4 Å². The summed E-state index contributed by atoms with van der Waals surface area (Å²) >= 11 is 0. The Morgan fingerprint density at radius 2 is 2.07 bits per heavy atom. The van der Waals surface area contributed by atoms with Crippen molar-refractivity contribution in [2.75, 3.05) is 6.61 Å². The number of carbonyl (C=O) groups excluding carboxylic acids is 1. The minimum atomic E-state index is -1.20. The predicted octanol–water partition coefficient (Wildman–Crippen LogP) is 2.44. The maximum Gasteiger partial charge on any atom is 0.390 e. The van der Waals surface area contributed by atoms with Gasteiger partial charge in [0.05, 0.1) is 6.61 Å². The average molecular weight is 193 g/mol.